The lowest BCUT2D eigenvalue weighted by Crippen LogP contribution is -2.21. The molecule has 2 rings (SSSR count). The second-order valence-corrected chi connectivity index (χ2v) is 10.8. The summed E-state index contributed by atoms with van der Waals surface area (Å²) in [6.45, 7) is 27.5. The van der Waals surface area contributed by atoms with Gasteiger partial charge < -0.3 is 26.6 Å². The average Bonchev–Trinajstić information content (AvgIpc) is 3.07. The molecule has 44 heavy (non-hydrogen) atoms. The van der Waals surface area contributed by atoms with Gasteiger partial charge in [-0.3, -0.25) is 0 Å². The number of hydrogen-bond acceptors (Lipinski definition) is 5. The minimum absolute atomic E-state index is 0.640. The number of para-hydroxylation sites is 1. The summed E-state index contributed by atoms with van der Waals surface area (Å²) in [7, 11) is 0. The van der Waals surface area contributed by atoms with E-state index >= 15 is 0 Å². The molecule has 2 aromatic carbocycles. The predicted molar refractivity (Wildman–Crippen MR) is 203 cm³/mol. The van der Waals surface area contributed by atoms with E-state index in [4.69, 9.17) is 5.73 Å². The molecule has 0 fully saturated rings. The zero-order chi connectivity index (χ0) is 33.4. The normalized spacial score (nSPS) is 9.77. The first kappa shape index (κ1) is 46.5. The molecule has 0 heterocycles. The van der Waals surface area contributed by atoms with Crippen molar-refractivity contribution in [2.24, 2.45) is 5.73 Å². The van der Waals surface area contributed by atoms with Gasteiger partial charge in [0.25, 0.3) is 0 Å². The van der Waals surface area contributed by atoms with Crippen molar-refractivity contribution in [1.29, 1.82) is 0 Å². The Hall–Kier alpha value is -1.92. The molecular weight excluding hydrogens is 538 g/mol. The standard InChI is InChI=1S/C12H27N.C8H11N.C7H9N.2C6H15N/c1-3-5-7-9-11-13-12-10-8-6-4-2;1-2-9-8-6-4-3-5-7-8;8-6-7-4-2-1-3-5-7;1-4-7(5-2)6-3;1-3-5-7-6-4-2/h13H,3-12H2,1-2H3;3-7,9H,2H2,1H3;1-5H,6,8H2;4-6H2,1-3H3;7H,3-6H2,1-2H3. The van der Waals surface area contributed by atoms with Gasteiger partial charge in [-0.25, -0.2) is 0 Å². The molecule has 0 spiro atoms. The lowest BCUT2D eigenvalue weighted by atomic mass is 10.2. The average molecular weight is 616 g/mol. The summed E-state index contributed by atoms with van der Waals surface area (Å²) in [5, 5.41) is 10.00. The van der Waals surface area contributed by atoms with Crippen molar-refractivity contribution in [3.63, 3.8) is 0 Å². The maximum absolute atomic E-state index is 5.35. The lowest BCUT2D eigenvalue weighted by Gasteiger charge is -2.13. The summed E-state index contributed by atoms with van der Waals surface area (Å²) >= 11 is 0. The third-order valence-corrected chi connectivity index (χ3v) is 6.84. The Morgan fingerprint density at radius 2 is 0.932 bits per heavy atom. The fraction of sp³-hybridized carbons (Fsp3) is 0.692. The van der Waals surface area contributed by atoms with Crippen molar-refractivity contribution in [1.82, 2.24) is 15.5 Å². The van der Waals surface area contributed by atoms with Gasteiger partial charge in [-0.2, -0.15) is 0 Å². The number of rotatable bonds is 20. The lowest BCUT2D eigenvalue weighted by molar-refractivity contribution is 0.321. The molecule has 0 saturated carbocycles. The van der Waals surface area contributed by atoms with E-state index in [1.165, 1.54) is 121 Å². The van der Waals surface area contributed by atoms with Gasteiger partial charge >= 0.3 is 0 Å². The van der Waals surface area contributed by atoms with Crippen LogP contribution in [0.2, 0.25) is 0 Å². The zero-order valence-corrected chi connectivity index (χ0v) is 30.7. The zero-order valence-electron chi connectivity index (χ0n) is 30.7. The molecule has 0 amide bonds. The molecule has 0 atom stereocenters. The number of unbranched alkanes of at least 4 members (excludes halogenated alkanes) is 6. The van der Waals surface area contributed by atoms with Crippen LogP contribution in [-0.4, -0.2) is 57.3 Å². The van der Waals surface area contributed by atoms with E-state index in [-0.39, 0.29) is 0 Å². The van der Waals surface area contributed by atoms with Gasteiger partial charge in [0.05, 0.1) is 0 Å². The van der Waals surface area contributed by atoms with Gasteiger partial charge in [-0.1, -0.05) is 136 Å². The first-order valence-electron chi connectivity index (χ1n) is 18.2. The van der Waals surface area contributed by atoms with Crippen molar-refractivity contribution in [3.8, 4) is 0 Å². The van der Waals surface area contributed by atoms with Crippen LogP contribution in [0.5, 0.6) is 0 Å². The van der Waals surface area contributed by atoms with Crippen LogP contribution in [-0.2, 0) is 6.54 Å². The summed E-state index contributed by atoms with van der Waals surface area (Å²) < 4.78 is 0. The van der Waals surface area contributed by atoms with Crippen LogP contribution in [0.25, 0.3) is 0 Å². The van der Waals surface area contributed by atoms with E-state index in [1.54, 1.807) is 0 Å². The van der Waals surface area contributed by atoms with Crippen LogP contribution in [0.1, 0.15) is 125 Å². The molecular formula is C39H77N5. The molecule has 0 aliphatic heterocycles. The smallest absolute Gasteiger partial charge is 0.0340 e. The first-order chi connectivity index (χ1) is 21.5. The van der Waals surface area contributed by atoms with Gasteiger partial charge in [-0.05, 0) is 96.1 Å². The maximum atomic E-state index is 5.35. The fourth-order valence-corrected chi connectivity index (χ4v) is 4.00. The number of nitrogens with two attached hydrogens (primary N) is 1. The molecule has 0 aliphatic rings. The topological polar surface area (TPSA) is 65.3 Å². The summed E-state index contributed by atoms with van der Waals surface area (Å²) in [6, 6.07) is 20.2. The van der Waals surface area contributed by atoms with Crippen LogP contribution in [0.15, 0.2) is 60.7 Å². The molecule has 258 valence electrons. The summed E-state index contributed by atoms with van der Waals surface area (Å²) in [4.78, 5) is 2.38. The highest BCUT2D eigenvalue weighted by atomic mass is 15.1. The molecule has 5 heteroatoms. The number of hydrogen-bond donors (Lipinski definition) is 4. The Balaban J connectivity index is -0.000000488. The van der Waals surface area contributed by atoms with Crippen molar-refractivity contribution >= 4 is 5.69 Å². The highest BCUT2D eigenvalue weighted by Crippen LogP contribution is 2.03. The molecule has 0 aromatic heterocycles. The molecule has 0 radical (unpaired) electrons. The molecule has 0 unspecified atom stereocenters. The molecule has 0 saturated heterocycles. The number of benzene rings is 2. The Labute approximate surface area is 276 Å². The molecule has 5 N–H and O–H groups in total. The SMILES string of the molecule is CCCCCCNCCCCCC.CCCNCCC.CCN(CC)CC.CCNc1ccccc1.NCc1ccccc1. The third kappa shape index (κ3) is 40.1. The highest BCUT2D eigenvalue weighted by molar-refractivity contribution is 5.41. The molecule has 2 aromatic rings. The minimum Gasteiger partial charge on any atom is -0.385 e. The van der Waals surface area contributed by atoms with E-state index in [0.29, 0.717) is 6.54 Å². The van der Waals surface area contributed by atoms with Crippen LogP contribution in [0, 0.1) is 0 Å². The monoisotopic (exact) mass is 616 g/mol. The van der Waals surface area contributed by atoms with Crippen LogP contribution in [0.4, 0.5) is 5.69 Å². The van der Waals surface area contributed by atoms with Crippen LogP contribution in [0.3, 0.4) is 0 Å². The molecule has 5 nitrogen and oxygen atoms in total. The minimum atomic E-state index is 0.640. The Morgan fingerprint density at radius 1 is 0.500 bits per heavy atom. The summed E-state index contributed by atoms with van der Waals surface area (Å²) in [6.07, 6.45) is 13.5. The Bertz CT molecular complexity index is 687. The van der Waals surface area contributed by atoms with Gasteiger partial charge in [0.2, 0.25) is 0 Å². The Kier molecular flexibility index (Phi) is 45.7. The Morgan fingerprint density at radius 3 is 1.25 bits per heavy atom. The summed E-state index contributed by atoms with van der Waals surface area (Å²) in [5.74, 6) is 0. The van der Waals surface area contributed by atoms with Crippen molar-refractivity contribution in [3.05, 3.63) is 66.2 Å². The quantitative estimate of drug-likeness (QED) is 0.112. The maximum Gasteiger partial charge on any atom is 0.0340 e. The fourth-order valence-electron chi connectivity index (χ4n) is 4.00. The van der Waals surface area contributed by atoms with Gasteiger partial charge in [0, 0.05) is 18.8 Å². The van der Waals surface area contributed by atoms with Crippen molar-refractivity contribution < 1.29 is 0 Å². The van der Waals surface area contributed by atoms with Gasteiger partial charge in [-0.15, -0.1) is 0 Å². The van der Waals surface area contributed by atoms with Crippen molar-refractivity contribution in [2.45, 2.75) is 126 Å². The van der Waals surface area contributed by atoms with E-state index in [1.807, 2.05) is 48.5 Å². The van der Waals surface area contributed by atoms with E-state index in [0.717, 1.165) is 6.54 Å². The van der Waals surface area contributed by atoms with E-state index in [2.05, 4.69) is 88.4 Å². The van der Waals surface area contributed by atoms with E-state index in [9.17, 15) is 0 Å². The number of anilines is 1. The predicted octanol–water partition coefficient (Wildman–Crippen LogP) is 9.74. The van der Waals surface area contributed by atoms with Gasteiger partial charge in [0.15, 0.2) is 0 Å². The van der Waals surface area contributed by atoms with Gasteiger partial charge in [0.1, 0.15) is 0 Å². The first-order valence-corrected chi connectivity index (χ1v) is 18.2. The largest absolute Gasteiger partial charge is 0.385 e. The van der Waals surface area contributed by atoms with E-state index < -0.39 is 0 Å². The second kappa shape index (κ2) is 43.2. The summed E-state index contributed by atoms with van der Waals surface area (Å²) in [5.41, 5.74) is 7.73. The third-order valence-electron chi connectivity index (χ3n) is 6.84. The second-order valence-electron chi connectivity index (χ2n) is 10.8. The van der Waals surface area contributed by atoms with Crippen LogP contribution < -0.4 is 21.7 Å². The number of nitrogens with zero attached hydrogens (tertiary/aromatic N) is 1. The van der Waals surface area contributed by atoms with Crippen LogP contribution >= 0.6 is 0 Å². The molecule has 0 aliphatic carbocycles. The number of nitrogens with one attached hydrogen (secondary N) is 3. The highest BCUT2D eigenvalue weighted by Gasteiger charge is 1.90. The van der Waals surface area contributed by atoms with Crippen molar-refractivity contribution in [2.75, 3.05) is 57.7 Å². The molecule has 0 bridgehead atoms.